The van der Waals surface area contributed by atoms with Crippen molar-refractivity contribution in [3.05, 3.63) is 54.2 Å². The van der Waals surface area contributed by atoms with Gasteiger partial charge < -0.3 is 21.1 Å². The van der Waals surface area contributed by atoms with Crippen LogP contribution in [-0.4, -0.2) is 44.6 Å². The van der Waals surface area contributed by atoms with Gasteiger partial charge in [-0.3, -0.25) is 14.6 Å². The Morgan fingerprint density at radius 1 is 1.14 bits per heavy atom. The summed E-state index contributed by atoms with van der Waals surface area (Å²) >= 11 is 0. The van der Waals surface area contributed by atoms with E-state index in [1.165, 1.54) is 0 Å². The van der Waals surface area contributed by atoms with Gasteiger partial charge in [0.2, 0.25) is 0 Å². The van der Waals surface area contributed by atoms with E-state index in [1.54, 1.807) is 29.9 Å². The number of nitrogen functional groups attached to an aromatic ring is 1. The van der Waals surface area contributed by atoms with E-state index in [9.17, 15) is 9.59 Å². The smallest absolute Gasteiger partial charge is 0.298 e. The van der Waals surface area contributed by atoms with Crippen LogP contribution in [0.15, 0.2) is 48.7 Å². The number of benzene rings is 1. The fraction of sp³-hybridized carbons (Fsp3) is 0.308. The van der Waals surface area contributed by atoms with Crippen LogP contribution in [0.5, 0.6) is 11.5 Å². The SMILES string of the molecule is CC#CC(=O)N1CCC2(CC(n3nc(-c4ccc(Oc5ccccc5)cn4)c(C(N)=O)c3N)C2)C1. The zero-order chi connectivity index (χ0) is 24.6. The minimum Gasteiger partial charge on any atom is -0.456 e. The molecule has 0 bridgehead atoms. The molecule has 35 heavy (non-hydrogen) atoms. The lowest BCUT2D eigenvalue weighted by atomic mass is 9.65. The van der Waals surface area contributed by atoms with Crippen LogP contribution < -0.4 is 16.2 Å². The highest BCUT2D eigenvalue weighted by Crippen LogP contribution is 2.54. The Morgan fingerprint density at radius 2 is 1.91 bits per heavy atom. The summed E-state index contributed by atoms with van der Waals surface area (Å²) in [6.45, 7) is 3.04. The van der Waals surface area contributed by atoms with Gasteiger partial charge in [-0.2, -0.15) is 5.10 Å². The van der Waals surface area contributed by atoms with Crippen molar-refractivity contribution in [2.45, 2.75) is 32.2 Å². The van der Waals surface area contributed by atoms with Crippen molar-refractivity contribution in [3.8, 4) is 34.7 Å². The number of pyridine rings is 1. The number of carbonyl (C=O) groups is 2. The molecule has 3 aromatic rings. The number of amides is 2. The molecule has 1 aromatic carbocycles. The summed E-state index contributed by atoms with van der Waals surface area (Å²) in [6.07, 6.45) is 4.13. The lowest BCUT2D eigenvalue weighted by Crippen LogP contribution is -2.42. The number of aromatic nitrogens is 3. The van der Waals surface area contributed by atoms with Crippen molar-refractivity contribution in [1.82, 2.24) is 19.7 Å². The van der Waals surface area contributed by atoms with Crippen molar-refractivity contribution in [2.24, 2.45) is 11.1 Å². The average Bonchev–Trinajstić information content (AvgIpc) is 3.42. The van der Waals surface area contributed by atoms with Gasteiger partial charge in [-0.05, 0) is 61.8 Å². The Morgan fingerprint density at radius 3 is 2.57 bits per heavy atom. The Hall–Kier alpha value is -4.32. The Kier molecular flexibility index (Phi) is 5.65. The number of ether oxygens (including phenoxy) is 1. The number of carbonyl (C=O) groups excluding carboxylic acids is 2. The van der Waals surface area contributed by atoms with Crippen molar-refractivity contribution in [3.63, 3.8) is 0 Å². The second-order valence-corrected chi connectivity index (χ2v) is 9.13. The molecule has 1 aliphatic carbocycles. The van der Waals surface area contributed by atoms with E-state index in [0.717, 1.165) is 19.3 Å². The second-order valence-electron chi connectivity index (χ2n) is 9.13. The summed E-state index contributed by atoms with van der Waals surface area (Å²) in [7, 11) is 0. The number of para-hydroxylation sites is 1. The van der Waals surface area contributed by atoms with Crippen molar-refractivity contribution >= 4 is 17.6 Å². The first kappa shape index (κ1) is 22.5. The van der Waals surface area contributed by atoms with E-state index >= 15 is 0 Å². The molecule has 9 heteroatoms. The molecule has 1 aliphatic heterocycles. The standard InChI is InChI=1S/C26H26N6O3/c1-2-6-21(33)31-12-11-26(16-31)13-17(14-26)32-24(27)22(25(28)34)23(30-32)20-10-9-19(15-29-20)35-18-7-4-3-5-8-18/h3-5,7-10,15,17H,11-14,16,27H2,1H3,(H2,28,34). The van der Waals surface area contributed by atoms with Crippen LogP contribution in [0.3, 0.4) is 0 Å². The first-order valence-electron chi connectivity index (χ1n) is 11.5. The lowest BCUT2D eigenvalue weighted by Gasteiger charge is -2.45. The molecule has 3 heterocycles. The third-order valence-corrected chi connectivity index (χ3v) is 6.79. The average molecular weight is 471 g/mol. The van der Waals surface area contributed by atoms with Gasteiger partial charge in [0.25, 0.3) is 11.8 Å². The summed E-state index contributed by atoms with van der Waals surface area (Å²) in [5.74, 6) is 6.00. The second kappa shape index (κ2) is 8.80. The fourth-order valence-electron chi connectivity index (χ4n) is 5.09. The Balaban J connectivity index is 1.35. The summed E-state index contributed by atoms with van der Waals surface area (Å²) in [4.78, 5) is 30.7. The van der Waals surface area contributed by atoms with Crippen molar-refractivity contribution in [1.29, 1.82) is 0 Å². The highest BCUT2D eigenvalue weighted by atomic mass is 16.5. The molecule has 2 fully saturated rings. The third kappa shape index (κ3) is 4.19. The molecule has 1 saturated carbocycles. The van der Waals surface area contributed by atoms with Gasteiger partial charge in [0.15, 0.2) is 0 Å². The molecular weight excluding hydrogens is 444 g/mol. The molecule has 2 amide bonds. The normalized spacial score (nSPS) is 20.7. The van der Waals surface area contributed by atoms with Crippen LogP contribution in [0, 0.1) is 17.3 Å². The van der Waals surface area contributed by atoms with E-state index in [4.69, 9.17) is 16.2 Å². The zero-order valence-corrected chi connectivity index (χ0v) is 19.4. The maximum atomic E-state index is 12.3. The molecule has 0 unspecified atom stereocenters. The monoisotopic (exact) mass is 470 g/mol. The van der Waals surface area contributed by atoms with Crippen LogP contribution >= 0.6 is 0 Å². The highest BCUT2D eigenvalue weighted by molar-refractivity contribution is 6.03. The molecule has 1 saturated heterocycles. The first-order valence-corrected chi connectivity index (χ1v) is 11.5. The number of nitrogens with zero attached hydrogens (tertiary/aromatic N) is 4. The van der Waals surface area contributed by atoms with E-state index in [1.807, 2.05) is 35.2 Å². The quantitative estimate of drug-likeness (QED) is 0.552. The van der Waals surface area contributed by atoms with Gasteiger partial charge in [0.05, 0.1) is 17.9 Å². The van der Waals surface area contributed by atoms with Gasteiger partial charge in [-0.15, -0.1) is 0 Å². The molecule has 0 radical (unpaired) electrons. The van der Waals surface area contributed by atoms with Crippen LogP contribution in [-0.2, 0) is 4.79 Å². The molecule has 0 atom stereocenters. The molecule has 5 rings (SSSR count). The first-order chi connectivity index (χ1) is 16.9. The van der Waals surface area contributed by atoms with Crippen molar-refractivity contribution in [2.75, 3.05) is 18.8 Å². The number of rotatable bonds is 5. The predicted molar refractivity (Wildman–Crippen MR) is 130 cm³/mol. The minimum absolute atomic E-state index is 0.0230. The number of primary amides is 1. The van der Waals surface area contributed by atoms with E-state index in [2.05, 4.69) is 21.9 Å². The van der Waals surface area contributed by atoms with E-state index in [-0.39, 0.29) is 28.7 Å². The number of likely N-dealkylation sites (tertiary alicyclic amines) is 1. The van der Waals surface area contributed by atoms with Gasteiger partial charge in [-0.25, -0.2) is 4.68 Å². The molecular formula is C26H26N6O3. The summed E-state index contributed by atoms with van der Waals surface area (Å²) in [5, 5.41) is 4.66. The number of anilines is 1. The van der Waals surface area contributed by atoms with Gasteiger partial charge in [0, 0.05) is 13.1 Å². The van der Waals surface area contributed by atoms with Crippen LogP contribution in [0.4, 0.5) is 5.82 Å². The number of hydrogen-bond donors (Lipinski definition) is 2. The Labute approximate surface area is 203 Å². The molecule has 1 spiro atoms. The predicted octanol–water partition coefficient (Wildman–Crippen LogP) is 3.00. The number of nitrogens with two attached hydrogens (primary N) is 2. The molecule has 2 aromatic heterocycles. The number of hydrogen-bond acceptors (Lipinski definition) is 6. The maximum absolute atomic E-state index is 12.3. The molecule has 9 nitrogen and oxygen atoms in total. The molecule has 2 aliphatic rings. The summed E-state index contributed by atoms with van der Waals surface area (Å²) in [5.41, 5.74) is 13.1. The maximum Gasteiger partial charge on any atom is 0.298 e. The minimum atomic E-state index is -0.653. The summed E-state index contributed by atoms with van der Waals surface area (Å²) in [6, 6.07) is 12.9. The fourth-order valence-corrected chi connectivity index (χ4v) is 5.09. The van der Waals surface area contributed by atoms with Gasteiger partial charge in [0.1, 0.15) is 28.6 Å². The van der Waals surface area contributed by atoms with Gasteiger partial charge in [-0.1, -0.05) is 24.1 Å². The van der Waals surface area contributed by atoms with Crippen LogP contribution in [0.2, 0.25) is 0 Å². The topological polar surface area (TPSA) is 129 Å². The third-order valence-electron chi connectivity index (χ3n) is 6.79. The van der Waals surface area contributed by atoms with Crippen LogP contribution in [0.25, 0.3) is 11.4 Å². The summed E-state index contributed by atoms with van der Waals surface area (Å²) < 4.78 is 7.48. The van der Waals surface area contributed by atoms with E-state index < -0.39 is 5.91 Å². The van der Waals surface area contributed by atoms with Gasteiger partial charge >= 0.3 is 0 Å². The zero-order valence-electron chi connectivity index (χ0n) is 19.4. The molecule has 178 valence electrons. The van der Waals surface area contributed by atoms with Crippen LogP contribution in [0.1, 0.15) is 42.6 Å². The highest BCUT2D eigenvalue weighted by Gasteiger charge is 2.51. The van der Waals surface area contributed by atoms with Crippen molar-refractivity contribution < 1.29 is 14.3 Å². The Bertz CT molecular complexity index is 1330. The van der Waals surface area contributed by atoms with E-state index in [0.29, 0.717) is 36.0 Å². The molecule has 4 N–H and O–H groups in total. The largest absolute Gasteiger partial charge is 0.456 e. The lowest BCUT2D eigenvalue weighted by molar-refractivity contribution is -0.125.